The van der Waals surface area contributed by atoms with Gasteiger partial charge in [0.2, 0.25) is 0 Å². The smallest absolute Gasteiger partial charge is 0.323 e. The highest BCUT2D eigenvalue weighted by molar-refractivity contribution is 5.95. The zero-order valence-corrected chi connectivity index (χ0v) is 19.6. The molecule has 0 spiro atoms. The number of ether oxygens (including phenoxy) is 1. The molecule has 0 saturated carbocycles. The maximum Gasteiger partial charge on any atom is 0.323 e. The fourth-order valence-corrected chi connectivity index (χ4v) is 3.78. The minimum Gasteiger partial charge on any atom is -0.486 e. The SMILES string of the molecule is CNCCN(CC(=O)O)C(=O)c1ccc(COc2ccc(-c3cc(F)c(F)c4c(C)coc34)cc2)o1. The van der Waals surface area contributed by atoms with Crippen LogP contribution in [0.4, 0.5) is 8.78 Å². The number of fused-ring (bicyclic) bond motifs is 1. The van der Waals surface area contributed by atoms with E-state index < -0.39 is 30.1 Å². The van der Waals surface area contributed by atoms with Gasteiger partial charge in [0.15, 0.2) is 17.4 Å². The maximum absolute atomic E-state index is 14.2. The van der Waals surface area contributed by atoms with Crippen molar-refractivity contribution in [2.45, 2.75) is 13.5 Å². The minimum atomic E-state index is -1.12. The van der Waals surface area contributed by atoms with E-state index in [4.69, 9.17) is 18.7 Å². The number of carbonyl (C=O) groups excluding carboxylic acids is 1. The summed E-state index contributed by atoms with van der Waals surface area (Å²) >= 11 is 0. The van der Waals surface area contributed by atoms with Crippen molar-refractivity contribution in [1.29, 1.82) is 0 Å². The van der Waals surface area contributed by atoms with Crippen LogP contribution in [0.1, 0.15) is 21.9 Å². The Morgan fingerprint density at radius 2 is 1.89 bits per heavy atom. The molecule has 36 heavy (non-hydrogen) atoms. The molecule has 10 heteroatoms. The van der Waals surface area contributed by atoms with Gasteiger partial charge in [0.05, 0.1) is 11.6 Å². The molecule has 0 aliphatic carbocycles. The first kappa shape index (κ1) is 24.9. The number of nitrogens with zero attached hydrogens (tertiary/aromatic N) is 1. The van der Waals surface area contributed by atoms with E-state index in [1.165, 1.54) is 17.2 Å². The molecule has 4 aromatic rings. The molecule has 2 heterocycles. The summed E-state index contributed by atoms with van der Waals surface area (Å²) in [4.78, 5) is 24.9. The number of hydrogen-bond donors (Lipinski definition) is 2. The number of carboxylic acids is 1. The van der Waals surface area contributed by atoms with Crippen molar-refractivity contribution in [3.05, 3.63) is 77.4 Å². The molecule has 0 fully saturated rings. The predicted octanol–water partition coefficient (Wildman–Crippen LogP) is 4.60. The molecule has 0 bridgehead atoms. The Morgan fingerprint density at radius 3 is 2.58 bits per heavy atom. The molecule has 0 aliphatic heterocycles. The molecule has 8 nitrogen and oxygen atoms in total. The Morgan fingerprint density at radius 1 is 1.14 bits per heavy atom. The highest BCUT2D eigenvalue weighted by atomic mass is 19.2. The van der Waals surface area contributed by atoms with E-state index in [1.54, 1.807) is 44.3 Å². The lowest BCUT2D eigenvalue weighted by Gasteiger charge is -2.19. The molecule has 2 aromatic carbocycles. The molecule has 4 rings (SSSR count). The van der Waals surface area contributed by atoms with E-state index in [1.807, 2.05) is 0 Å². The molecular formula is C26H24F2N2O6. The van der Waals surface area contributed by atoms with Crippen LogP contribution in [-0.2, 0) is 11.4 Å². The van der Waals surface area contributed by atoms with E-state index in [-0.39, 0.29) is 29.9 Å². The largest absolute Gasteiger partial charge is 0.486 e. The second-order valence-electron chi connectivity index (χ2n) is 8.15. The van der Waals surface area contributed by atoms with Crippen molar-refractivity contribution in [3.63, 3.8) is 0 Å². The van der Waals surface area contributed by atoms with Gasteiger partial charge in [0.1, 0.15) is 30.2 Å². The number of nitrogens with one attached hydrogen (secondary N) is 1. The Hall–Kier alpha value is -4.18. The van der Waals surface area contributed by atoms with Gasteiger partial charge in [-0.05, 0) is 55.4 Å². The van der Waals surface area contributed by atoms with Crippen molar-refractivity contribution in [3.8, 4) is 16.9 Å². The molecule has 2 N–H and O–H groups in total. The Kier molecular flexibility index (Phi) is 7.35. The molecule has 0 saturated heterocycles. The quantitative estimate of drug-likeness (QED) is 0.329. The lowest BCUT2D eigenvalue weighted by Crippen LogP contribution is -2.39. The highest BCUT2D eigenvalue weighted by Crippen LogP contribution is 2.35. The molecular weight excluding hydrogens is 474 g/mol. The first-order valence-electron chi connectivity index (χ1n) is 11.1. The predicted molar refractivity (Wildman–Crippen MR) is 127 cm³/mol. The van der Waals surface area contributed by atoms with Crippen molar-refractivity contribution in [2.24, 2.45) is 0 Å². The van der Waals surface area contributed by atoms with Crippen molar-refractivity contribution in [1.82, 2.24) is 10.2 Å². The molecule has 0 atom stereocenters. The van der Waals surface area contributed by atoms with Crippen LogP contribution >= 0.6 is 0 Å². The summed E-state index contributed by atoms with van der Waals surface area (Å²) in [7, 11) is 1.70. The Balaban J connectivity index is 1.44. The fraction of sp³-hybridized carbons (Fsp3) is 0.231. The monoisotopic (exact) mass is 498 g/mol. The van der Waals surface area contributed by atoms with Gasteiger partial charge < -0.3 is 28.9 Å². The number of hydrogen-bond acceptors (Lipinski definition) is 6. The lowest BCUT2D eigenvalue weighted by molar-refractivity contribution is -0.137. The molecule has 0 aliphatic rings. The number of benzene rings is 2. The number of aliphatic carboxylic acids is 1. The second kappa shape index (κ2) is 10.6. The van der Waals surface area contributed by atoms with Crippen molar-refractivity contribution < 1.29 is 37.0 Å². The second-order valence-corrected chi connectivity index (χ2v) is 8.15. The van der Waals surface area contributed by atoms with Crippen molar-refractivity contribution >= 4 is 22.8 Å². The van der Waals surface area contributed by atoms with Crippen LogP contribution in [-0.4, -0.2) is 48.6 Å². The summed E-state index contributed by atoms with van der Waals surface area (Å²) in [5.74, 6) is -2.68. The third-order valence-corrected chi connectivity index (χ3v) is 5.58. The van der Waals surface area contributed by atoms with Gasteiger partial charge in [0, 0.05) is 18.7 Å². The van der Waals surface area contributed by atoms with Gasteiger partial charge in [-0.1, -0.05) is 12.1 Å². The Labute approximate surface area is 205 Å². The standard InChI is InChI=1S/C26H24F2N2O6/c1-15-13-35-25-19(11-20(27)24(28)23(15)25)16-3-5-17(6-4-16)34-14-18-7-8-21(36-18)26(33)30(10-9-29-2)12-22(31)32/h3-8,11,13,29H,9-10,12,14H2,1-2H3,(H,31,32). The summed E-state index contributed by atoms with van der Waals surface area (Å²) in [6.07, 6.45) is 1.39. The maximum atomic E-state index is 14.2. The molecule has 0 radical (unpaired) electrons. The number of rotatable bonds is 10. The van der Waals surface area contributed by atoms with Gasteiger partial charge in [-0.25, -0.2) is 8.78 Å². The summed E-state index contributed by atoms with van der Waals surface area (Å²) < 4.78 is 45.1. The fourth-order valence-electron chi connectivity index (χ4n) is 3.78. The molecule has 2 aromatic heterocycles. The van der Waals surface area contributed by atoms with Crippen LogP contribution in [0.25, 0.3) is 22.1 Å². The number of aryl methyl sites for hydroxylation is 1. The molecule has 188 valence electrons. The first-order valence-corrected chi connectivity index (χ1v) is 11.1. The number of furan rings is 2. The number of carboxylic acid groups (broad SMARTS) is 1. The van der Waals surface area contributed by atoms with Crippen LogP contribution < -0.4 is 10.1 Å². The summed E-state index contributed by atoms with van der Waals surface area (Å²) in [6.45, 7) is 1.87. The van der Waals surface area contributed by atoms with E-state index >= 15 is 0 Å². The lowest BCUT2D eigenvalue weighted by atomic mass is 10.0. The average molecular weight is 498 g/mol. The number of carbonyl (C=O) groups is 2. The summed E-state index contributed by atoms with van der Waals surface area (Å²) in [6, 6.07) is 10.9. The third-order valence-electron chi connectivity index (χ3n) is 5.58. The third kappa shape index (κ3) is 5.23. The van der Waals surface area contributed by atoms with Crippen LogP contribution in [0.3, 0.4) is 0 Å². The van der Waals surface area contributed by atoms with Crippen LogP contribution in [0.15, 0.2) is 57.6 Å². The summed E-state index contributed by atoms with van der Waals surface area (Å²) in [5, 5.41) is 12.0. The minimum absolute atomic E-state index is 0.0115. The number of halogens is 2. The van der Waals surface area contributed by atoms with Gasteiger partial charge >= 0.3 is 5.97 Å². The highest BCUT2D eigenvalue weighted by Gasteiger charge is 2.22. The van der Waals surface area contributed by atoms with Crippen LogP contribution in [0.2, 0.25) is 0 Å². The topological polar surface area (TPSA) is 105 Å². The van der Waals surface area contributed by atoms with E-state index in [0.717, 1.165) is 6.07 Å². The molecule has 0 unspecified atom stereocenters. The van der Waals surface area contributed by atoms with Gasteiger partial charge in [0.25, 0.3) is 5.91 Å². The van der Waals surface area contributed by atoms with Crippen LogP contribution in [0, 0.1) is 18.6 Å². The average Bonchev–Trinajstić information content (AvgIpc) is 3.49. The number of amides is 1. The normalized spacial score (nSPS) is 11.1. The van der Waals surface area contributed by atoms with Crippen molar-refractivity contribution in [2.75, 3.05) is 26.7 Å². The van der Waals surface area contributed by atoms with E-state index in [9.17, 15) is 18.4 Å². The van der Waals surface area contributed by atoms with Gasteiger partial charge in [-0.3, -0.25) is 9.59 Å². The Bertz CT molecular complexity index is 1390. The first-order chi connectivity index (χ1) is 17.3. The van der Waals surface area contributed by atoms with E-state index in [0.29, 0.717) is 34.7 Å². The van der Waals surface area contributed by atoms with Gasteiger partial charge in [-0.2, -0.15) is 0 Å². The van der Waals surface area contributed by atoms with Gasteiger partial charge in [-0.15, -0.1) is 0 Å². The number of likely N-dealkylation sites (N-methyl/N-ethyl adjacent to an activating group) is 1. The molecule has 1 amide bonds. The van der Waals surface area contributed by atoms with Crippen LogP contribution in [0.5, 0.6) is 5.75 Å². The summed E-state index contributed by atoms with van der Waals surface area (Å²) in [5.41, 5.74) is 1.81. The zero-order chi connectivity index (χ0) is 25.8. The van der Waals surface area contributed by atoms with E-state index in [2.05, 4.69) is 5.32 Å². The zero-order valence-electron chi connectivity index (χ0n) is 19.6.